The summed E-state index contributed by atoms with van der Waals surface area (Å²) in [7, 11) is 0. The zero-order valence-corrected chi connectivity index (χ0v) is 17.0. The Balaban J connectivity index is 1.69. The van der Waals surface area contributed by atoms with Crippen molar-refractivity contribution in [1.82, 2.24) is 29.9 Å². The minimum Gasteiger partial charge on any atom is -0.350 e. The van der Waals surface area contributed by atoms with Gasteiger partial charge >= 0.3 is 0 Å². The highest BCUT2D eigenvalue weighted by molar-refractivity contribution is 5.84. The molecule has 0 aliphatic rings. The smallest absolute Gasteiger partial charge is 0.295 e. The van der Waals surface area contributed by atoms with Crippen LogP contribution in [-0.2, 0) is 11.3 Å². The Kier molecular flexibility index (Phi) is 5.14. The Labute approximate surface area is 173 Å². The van der Waals surface area contributed by atoms with Crippen molar-refractivity contribution in [2.45, 2.75) is 33.4 Å². The highest BCUT2D eigenvalue weighted by Crippen LogP contribution is 2.21. The van der Waals surface area contributed by atoms with E-state index in [1.165, 1.54) is 4.68 Å². The summed E-state index contributed by atoms with van der Waals surface area (Å²) >= 11 is 0. The number of nitrogens with zero attached hydrogens (tertiary/aromatic N) is 5. The highest BCUT2D eigenvalue weighted by atomic mass is 16.2. The summed E-state index contributed by atoms with van der Waals surface area (Å²) in [4.78, 5) is 29.8. The van der Waals surface area contributed by atoms with Gasteiger partial charge in [-0.3, -0.25) is 14.6 Å². The topological polar surface area (TPSA) is 94.7 Å². The van der Waals surface area contributed by atoms with Gasteiger partial charge in [0.25, 0.3) is 5.56 Å². The van der Waals surface area contributed by atoms with E-state index in [1.807, 2.05) is 50.2 Å². The van der Waals surface area contributed by atoms with Crippen molar-refractivity contribution in [3.8, 4) is 5.69 Å². The van der Waals surface area contributed by atoms with Crippen LogP contribution in [0.15, 0.2) is 59.7 Å². The highest BCUT2D eigenvalue weighted by Gasteiger charge is 2.23. The fraction of sp³-hybridized carbons (Fsp3) is 0.227. The molecule has 0 spiro atoms. The fourth-order valence-electron chi connectivity index (χ4n) is 3.48. The first-order valence-corrected chi connectivity index (χ1v) is 9.68. The maximum Gasteiger partial charge on any atom is 0.295 e. The number of rotatable bonds is 5. The molecule has 1 N–H and O–H groups in total. The Morgan fingerprint density at radius 3 is 2.57 bits per heavy atom. The number of hydrogen-bond donors (Lipinski definition) is 1. The summed E-state index contributed by atoms with van der Waals surface area (Å²) in [5, 5.41) is 12.5. The fourth-order valence-corrected chi connectivity index (χ4v) is 3.48. The van der Waals surface area contributed by atoms with E-state index >= 15 is 0 Å². The summed E-state index contributed by atoms with van der Waals surface area (Å²) in [6, 6.07) is 12.5. The Hall–Kier alpha value is -3.81. The van der Waals surface area contributed by atoms with Crippen LogP contribution < -0.4 is 10.9 Å². The molecule has 1 amide bonds. The number of nitrogens with one attached hydrogen (secondary N) is 1. The minimum atomic E-state index is -0.778. The number of aryl methyl sites for hydroxylation is 2. The monoisotopic (exact) mass is 402 g/mol. The lowest BCUT2D eigenvalue weighted by molar-refractivity contribution is -0.124. The van der Waals surface area contributed by atoms with Crippen LogP contribution in [0.5, 0.6) is 0 Å². The molecule has 4 rings (SSSR count). The molecule has 152 valence electrons. The van der Waals surface area contributed by atoms with Crippen molar-refractivity contribution in [3.63, 3.8) is 0 Å². The number of benzene rings is 1. The van der Waals surface area contributed by atoms with Gasteiger partial charge in [0.05, 0.1) is 22.5 Å². The summed E-state index contributed by atoms with van der Waals surface area (Å²) < 4.78 is 2.94. The second-order valence-corrected chi connectivity index (χ2v) is 7.15. The number of aromatic nitrogens is 5. The van der Waals surface area contributed by atoms with Gasteiger partial charge in [0.1, 0.15) is 6.04 Å². The van der Waals surface area contributed by atoms with Gasteiger partial charge in [0.2, 0.25) is 5.91 Å². The average Bonchev–Trinajstić information content (AvgIpc) is 3.13. The number of carbonyl (C=O) groups excluding carboxylic acids is 1. The predicted octanol–water partition coefficient (Wildman–Crippen LogP) is 2.47. The summed E-state index contributed by atoms with van der Waals surface area (Å²) in [5.74, 6) is -0.300. The lowest BCUT2D eigenvalue weighted by Crippen LogP contribution is -2.37. The largest absolute Gasteiger partial charge is 0.350 e. The summed E-state index contributed by atoms with van der Waals surface area (Å²) in [6.07, 6.45) is 3.36. The van der Waals surface area contributed by atoms with E-state index in [9.17, 15) is 9.59 Å². The number of para-hydroxylation sites is 1. The van der Waals surface area contributed by atoms with E-state index in [2.05, 4.69) is 20.5 Å². The number of hydrogen-bond acceptors (Lipinski definition) is 5. The molecule has 3 aromatic heterocycles. The molecule has 8 heteroatoms. The van der Waals surface area contributed by atoms with Gasteiger partial charge in [0.15, 0.2) is 5.52 Å². The van der Waals surface area contributed by atoms with E-state index in [-0.39, 0.29) is 5.91 Å². The van der Waals surface area contributed by atoms with E-state index < -0.39 is 11.6 Å². The van der Waals surface area contributed by atoms with Crippen LogP contribution in [0.1, 0.15) is 29.9 Å². The standard InChI is InChI=1S/C22H22N6O2/c1-14-19-15(2)27(18-9-5-4-6-10-18)26-20(19)22(30)28(25-14)16(3)21(29)24-13-17-8-7-11-23-12-17/h4-12,16H,13H2,1-3H3,(H,24,29)/t16-/m0/s1. The molecular weight excluding hydrogens is 380 g/mol. The van der Waals surface area contributed by atoms with Crippen molar-refractivity contribution >= 4 is 16.8 Å². The normalized spacial score (nSPS) is 12.1. The molecule has 0 bridgehead atoms. The van der Waals surface area contributed by atoms with Gasteiger partial charge < -0.3 is 5.32 Å². The number of pyridine rings is 1. The van der Waals surface area contributed by atoms with Crippen molar-refractivity contribution in [1.29, 1.82) is 0 Å². The molecule has 1 atom stereocenters. The molecule has 0 fully saturated rings. The molecule has 0 unspecified atom stereocenters. The molecule has 8 nitrogen and oxygen atoms in total. The van der Waals surface area contributed by atoms with Crippen LogP contribution in [0.3, 0.4) is 0 Å². The molecule has 4 aromatic rings. The lowest BCUT2D eigenvalue weighted by atomic mass is 10.2. The molecule has 0 saturated carbocycles. The van der Waals surface area contributed by atoms with Crippen molar-refractivity contribution in [2.24, 2.45) is 0 Å². The van der Waals surface area contributed by atoms with Crippen LogP contribution >= 0.6 is 0 Å². The second-order valence-electron chi connectivity index (χ2n) is 7.15. The van der Waals surface area contributed by atoms with E-state index in [1.54, 1.807) is 30.1 Å². The zero-order valence-electron chi connectivity index (χ0n) is 17.0. The van der Waals surface area contributed by atoms with Crippen molar-refractivity contribution < 1.29 is 4.79 Å². The van der Waals surface area contributed by atoms with Gasteiger partial charge in [-0.25, -0.2) is 9.36 Å². The number of amides is 1. The molecule has 3 heterocycles. The molecule has 0 saturated heterocycles. The minimum absolute atomic E-state index is 0.300. The van der Waals surface area contributed by atoms with Gasteiger partial charge in [-0.05, 0) is 44.5 Å². The number of fused-ring (bicyclic) bond motifs is 1. The molecule has 0 aliphatic carbocycles. The number of carbonyl (C=O) groups is 1. The first-order chi connectivity index (χ1) is 14.5. The first-order valence-electron chi connectivity index (χ1n) is 9.68. The van der Waals surface area contributed by atoms with E-state index in [0.717, 1.165) is 16.9 Å². The maximum absolute atomic E-state index is 13.1. The molecule has 0 aliphatic heterocycles. The van der Waals surface area contributed by atoms with E-state index in [0.29, 0.717) is 23.1 Å². The van der Waals surface area contributed by atoms with Gasteiger partial charge in [-0.2, -0.15) is 10.2 Å². The van der Waals surface area contributed by atoms with Gasteiger partial charge in [0, 0.05) is 18.9 Å². The zero-order chi connectivity index (χ0) is 21.3. The van der Waals surface area contributed by atoms with Crippen LogP contribution in [-0.4, -0.2) is 30.5 Å². The predicted molar refractivity (Wildman–Crippen MR) is 113 cm³/mol. The Morgan fingerprint density at radius 2 is 1.87 bits per heavy atom. The SMILES string of the molecule is Cc1nn([C@@H](C)C(=O)NCc2cccnc2)c(=O)c2nn(-c3ccccc3)c(C)c12. The van der Waals surface area contributed by atoms with Crippen LogP contribution in [0, 0.1) is 13.8 Å². The molecular formula is C22H22N6O2. The van der Waals surface area contributed by atoms with E-state index in [4.69, 9.17) is 0 Å². The van der Waals surface area contributed by atoms with Gasteiger partial charge in [-0.1, -0.05) is 24.3 Å². The summed E-state index contributed by atoms with van der Waals surface area (Å²) in [5.41, 5.74) is 3.13. The van der Waals surface area contributed by atoms with Crippen LogP contribution in [0.25, 0.3) is 16.6 Å². The Bertz CT molecular complexity index is 1260. The first kappa shape index (κ1) is 19.5. The van der Waals surface area contributed by atoms with Crippen LogP contribution in [0.2, 0.25) is 0 Å². The quantitative estimate of drug-likeness (QED) is 0.553. The molecule has 1 aromatic carbocycles. The lowest BCUT2D eigenvalue weighted by Gasteiger charge is -2.14. The molecule has 0 radical (unpaired) electrons. The Morgan fingerprint density at radius 1 is 1.10 bits per heavy atom. The van der Waals surface area contributed by atoms with Crippen molar-refractivity contribution in [2.75, 3.05) is 0 Å². The third-order valence-corrected chi connectivity index (χ3v) is 5.08. The van der Waals surface area contributed by atoms with Crippen molar-refractivity contribution in [3.05, 3.63) is 82.2 Å². The van der Waals surface area contributed by atoms with Gasteiger partial charge in [-0.15, -0.1) is 0 Å². The molecule has 30 heavy (non-hydrogen) atoms. The second kappa shape index (κ2) is 7.90. The average molecular weight is 402 g/mol. The maximum atomic E-state index is 13.1. The third-order valence-electron chi connectivity index (χ3n) is 5.08. The van der Waals surface area contributed by atoms with Crippen LogP contribution in [0.4, 0.5) is 0 Å². The third kappa shape index (κ3) is 3.47. The summed E-state index contributed by atoms with van der Waals surface area (Å²) in [6.45, 7) is 5.71.